The van der Waals surface area contributed by atoms with Gasteiger partial charge in [-0.15, -0.1) is 0 Å². The van der Waals surface area contributed by atoms with E-state index in [0.29, 0.717) is 16.6 Å². The fourth-order valence-corrected chi connectivity index (χ4v) is 2.49. The zero-order valence-corrected chi connectivity index (χ0v) is 12.9. The molecule has 0 aromatic heterocycles. The van der Waals surface area contributed by atoms with E-state index in [2.05, 4.69) is 21.2 Å². The molecule has 2 aromatic rings. The third kappa shape index (κ3) is 3.41. The molecule has 0 atom stereocenters. The predicted molar refractivity (Wildman–Crippen MR) is 80.5 cm³/mol. The smallest absolute Gasteiger partial charge is 0.129 e. The third-order valence-corrected chi connectivity index (χ3v) is 3.80. The number of hydrogen-bond donors (Lipinski definition) is 1. The van der Waals surface area contributed by atoms with Crippen molar-refractivity contribution in [2.75, 3.05) is 5.32 Å². The molecule has 0 aliphatic rings. The minimum Gasteiger partial charge on any atom is -0.380 e. The number of halogens is 4. The molecule has 1 nitrogen and oxygen atoms in total. The van der Waals surface area contributed by atoms with Crippen molar-refractivity contribution in [1.29, 1.82) is 0 Å². The lowest BCUT2D eigenvalue weighted by molar-refractivity contribution is 0.612. The Kier molecular flexibility index (Phi) is 4.55. The van der Waals surface area contributed by atoms with E-state index in [1.165, 1.54) is 18.2 Å². The summed E-state index contributed by atoms with van der Waals surface area (Å²) in [7, 11) is 0. The van der Waals surface area contributed by atoms with Gasteiger partial charge in [-0.3, -0.25) is 0 Å². The van der Waals surface area contributed by atoms with E-state index in [-0.39, 0.29) is 11.6 Å². The van der Waals surface area contributed by atoms with Crippen molar-refractivity contribution in [3.05, 3.63) is 61.6 Å². The first-order valence-electron chi connectivity index (χ1n) is 5.19. The van der Waals surface area contributed by atoms with Crippen LogP contribution in [0.4, 0.5) is 14.5 Å². The Labute approximate surface area is 126 Å². The van der Waals surface area contributed by atoms with Crippen LogP contribution in [-0.4, -0.2) is 0 Å². The summed E-state index contributed by atoms with van der Waals surface area (Å²) < 4.78 is 28.0. The van der Waals surface area contributed by atoms with E-state index in [1.54, 1.807) is 18.2 Å². The molecule has 18 heavy (non-hydrogen) atoms. The average molecular weight is 424 g/mol. The van der Waals surface area contributed by atoms with Crippen molar-refractivity contribution >= 4 is 44.2 Å². The second-order valence-electron chi connectivity index (χ2n) is 3.71. The lowest BCUT2D eigenvalue weighted by Gasteiger charge is -2.09. The highest BCUT2D eigenvalue weighted by Gasteiger charge is 2.05. The van der Waals surface area contributed by atoms with Crippen LogP contribution >= 0.6 is 38.5 Å². The number of rotatable bonds is 3. The maximum atomic E-state index is 13.6. The van der Waals surface area contributed by atoms with Gasteiger partial charge in [0.15, 0.2) is 0 Å². The molecule has 94 valence electrons. The van der Waals surface area contributed by atoms with Gasteiger partial charge in [-0.2, -0.15) is 0 Å². The normalized spacial score (nSPS) is 10.4. The molecule has 2 rings (SSSR count). The maximum Gasteiger partial charge on any atom is 0.129 e. The number of hydrogen-bond acceptors (Lipinski definition) is 1. The summed E-state index contributed by atoms with van der Waals surface area (Å²) in [5.74, 6) is -0.547. The van der Waals surface area contributed by atoms with E-state index >= 15 is 0 Å². The third-order valence-electron chi connectivity index (χ3n) is 2.42. The largest absolute Gasteiger partial charge is 0.380 e. The Balaban J connectivity index is 2.11. The summed E-state index contributed by atoms with van der Waals surface area (Å²) in [5, 5.41) is 3.09. The van der Waals surface area contributed by atoms with E-state index < -0.39 is 0 Å². The van der Waals surface area contributed by atoms with Crippen LogP contribution in [0.15, 0.2) is 40.9 Å². The zero-order chi connectivity index (χ0) is 13.1. The molecule has 5 heteroatoms. The molecule has 0 amide bonds. The minimum atomic E-state index is -0.278. The molecule has 0 heterocycles. The SMILES string of the molecule is Fc1ccc(NCc2ccc(Br)cc2F)c(I)c1. The van der Waals surface area contributed by atoms with Crippen molar-refractivity contribution in [3.8, 4) is 0 Å². The van der Waals surface area contributed by atoms with Crippen LogP contribution in [0.3, 0.4) is 0 Å². The maximum absolute atomic E-state index is 13.6. The van der Waals surface area contributed by atoms with Gasteiger partial charge >= 0.3 is 0 Å². The standard InChI is InChI=1S/C13H9BrF2IN/c14-9-2-1-8(11(16)5-9)7-18-13-4-3-10(15)6-12(13)17/h1-6,18H,7H2. The minimum absolute atomic E-state index is 0.269. The van der Waals surface area contributed by atoms with Crippen molar-refractivity contribution in [1.82, 2.24) is 0 Å². The van der Waals surface area contributed by atoms with Gasteiger partial charge in [-0.05, 0) is 52.9 Å². The van der Waals surface area contributed by atoms with E-state index in [0.717, 1.165) is 9.26 Å². The van der Waals surface area contributed by atoms with Crippen LogP contribution in [0.1, 0.15) is 5.56 Å². The molecule has 1 N–H and O–H groups in total. The number of anilines is 1. The highest BCUT2D eigenvalue weighted by atomic mass is 127. The van der Waals surface area contributed by atoms with Gasteiger partial charge in [0, 0.05) is 25.8 Å². The predicted octanol–water partition coefficient (Wildman–Crippen LogP) is 4.94. The Morgan fingerprint density at radius 3 is 2.56 bits per heavy atom. The summed E-state index contributed by atoms with van der Waals surface area (Å²) in [5.41, 5.74) is 1.36. The Morgan fingerprint density at radius 1 is 1.11 bits per heavy atom. The Hall–Kier alpha value is -0.690. The van der Waals surface area contributed by atoms with E-state index in [9.17, 15) is 8.78 Å². The number of nitrogens with one attached hydrogen (secondary N) is 1. The zero-order valence-electron chi connectivity index (χ0n) is 9.18. The molecule has 0 aliphatic carbocycles. The van der Waals surface area contributed by atoms with Crippen LogP contribution in [0.25, 0.3) is 0 Å². The van der Waals surface area contributed by atoms with Gasteiger partial charge < -0.3 is 5.32 Å². The second-order valence-corrected chi connectivity index (χ2v) is 5.79. The molecular weight excluding hydrogens is 415 g/mol. The van der Waals surface area contributed by atoms with Crippen molar-refractivity contribution in [3.63, 3.8) is 0 Å². The fraction of sp³-hybridized carbons (Fsp3) is 0.0769. The lowest BCUT2D eigenvalue weighted by Crippen LogP contribution is -2.03. The highest BCUT2D eigenvalue weighted by Crippen LogP contribution is 2.21. The molecule has 0 bridgehead atoms. The molecule has 0 radical (unpaired) electrons. The summed E-state index contributed by atoms with van der Waals surface area (Å²) >= 11 is 5.25. The van der Waals surface area contributed by atoms with Crippen LogP contribution in [-0.2, 0) is 6.54 Å². The van der Waals surface area contributed by atoms with Gasteiger partial charge in [0.2, 0.25) is 0 Å². The summed E-state index contributed by atoms with van der Waals surface area (Å²) in [6, 6.07) is 9.38. The molecule has 0 saturated heterocycles. The van der Waals surface area contributed by atoms with E-state index in [1.807, 2.05) is 22.6 Å². The second kappa shape index (κ2) is 5.97. The van der Waals surface area contributed by atoms with Gasteiger partial charge in [0.05, 0.1) is 0 Å². The van der Waals surface area contributed by atoms with E-state index in [4.69, 9.17) is 0 Å². The topological polar surface area (TPSA) is 12.0 Å². The Bertz CT molecular complexity index is 523. The van der Waals surface area contributed by atoms with Gasteiger partial charge in [0.25, 0.3) is 0 Å². The Morgan fingerprint density at radius 2 is 1.89 bits per heavy atom. The molecular formula is C13H9BrF2IN. The van der Waals surface area contributed by atoms with Gasteiger partial charge in [0.1, 0.15) is 11.6 Å². The molecule has 0 saturated carbocycles. The van der Waals surface area contributed by atoms with Crippen LogP contribution in [0, 0.1) is 15.2 Å². The van der Waals surface area contributed by atoms with Crippen LogP contribution in [0.5, 0.6) is 0 Å². The monoisotopic (exact) mass is 423 g/mol. The van der Waals surface area contributed by atoms with Gasteiger partial charge in [-0.1, -0.05) is 22.0 Å². The molecule has 0 aliphatic heterocycles. The first-order valence-corrected chi connectivity index (χ1v) is 7.06. The summed E-state index contributed by atoms with van der Waals surface area (Å²) in [6.07, 6.45) is 0. The molecule has 0 fully saturated rings. The molecule has 0 unspecified atom stereocenters. The lowest BCUT2D eigenvalue weighted by atomic mass is 10.2. The number of benzene rings is 2. The first-order chi connectivity index (χ1) is 8.56. The molecule has 0 spiro atoms. The average Bonchev–Trinajstić information content (AvgIpc) is 2.30. The first kappa shape index (κ1) is 13.7. The van der Waals surface area contributed by atoms with Crippen molar-refractivity contribution < 1.29 is 8.78 Å². The quantitative estimate of drug-likeness (QED) is 0.689. The van der Waals surface area contributed by atoms with Crippen molar-refractivity contribution in [2.45, 2.75) is 6.54 Å². The van der Waals surface area contributed by atoms with Gasteiger partial charge in [-0.25, -0.2) is 8.78 Å². The summed E-state index contributed by atoms with van der Waals surface area (Å²) in [6.45, 7) is 0.362. The highest BCUT2D eigenvalue weighted by molar-refractivity contribution is 14.1. The fourth-order valence-electron chi connectivity index (χ4n) is 1.49. The van der Waals surface area contributed by atoms with Crippen molar-refractivity contribution in [2.24, 2.45) is 0 Å². The van der Waals surface area contributed by atoms with Crippen LogP contribution in [0.2, 0.25) is 0 Å². The summed E-state index contributed by atoms with van der Waals surface area (Å²) in [4.78, 5) is 0. The molecule has 2 aromatic carbocycles. The van der Waals surface area contributed by atoms with Crippen LogP contribution < -0.4 is 5.32 Å².